The molecule has 0 saturated heterocycles. The Balaban J connectivity index is 1.49. The predicted molar refractivity (Wildman–Crippen MR) is 160 cm³/mol. The molecule has 1 aliphatic rings. The molecular formula is C31H33Cl2N3O5. The summed E-state index contributed by atoms with van der Waals surface area (Å²) in [5.41, 5.74) is 3.87. The average Bonchev–Trinajstić information content (AvgIpc) is 2.97. The van der Waals surface area contributed by atoms with Crippen LogP contribution in [0.4, 0.5) is 10.5 Å². The van der Waals surface area contributed by atoms with Crippen molar-refractivity contribution in [3.63, 3.8) is 0 Å². The van der Waals surface area contributed by atoms with E-state index in [0.717, 1.165) is 16.8 Å². The van der Waals surface area contributed by atoms with Gasteiger partial charge in [-0.3, -0.25) is 9.69 Å². The average molecular weight is 599 g/mol. The molecular weight excluding hydrogens is 565 g/mol. The number of carbonyl (C=O) groups is 3. The second-order valence-electron chi connectivity index (χ2n) is 10.2. The number of nitrogens with one attached hydrogen (secondary N) is 2. The van der Waals surface area contributed by atoms with E-state index in [0.29, 0.717) is 21.5 Å². The molecule has 41 heavy (non-hydrogen) atoms. The van der Waals surface area contributed by atoms with Gasteiger partial charge in [-0.2, -0.15) is 0 Å². The van der Waals surface area contributed by atoms with Crippen molar-refractivity contribution in [1.29, 1.82) is 0 Å². The number of nitrogens with zero attached hydrogens (tertiary/aromatic N) is 1. The van der Waals surface area contributed by atoms with Gasteiger partial charge >= 0.3 is 12.0 Å². The molecule has 1 saturated carbocycles. The number of hydrogen-bond acceptors (Lipinski definition) is 4. The lowest BCUT2D eigenvalue weighted by atomic mass is 9.84. The highest BCUT2D eigenvalue weighted by molar-refractivity contribution is 6.34. The third kappa shape index (κ3) is 8.70. The number of rotatable bonds is 10. The van der Waals surface area contributed by atoms with Crippen LogP contribution in [0.5, 0.6) is 0 Å². The molecule has 216 valence electrons. The van der Waals surface area contributed by atoms with E-state index in [1.807, 2.05) is 12.1 Å². The maximum Gasteiger partial charge on any atom is 0.334 e. The number of carboxylic acid groups (broad SMARTS) is 1. The molecule has 0 spiro atoms. The Bertz CT molecular complexity index is 1340. The number of anilines is 1. The van der Waals surface area contributed by atoms with Crippen molar-refractivity contribution >= 4 is 46.8 Å². The van der Waals surface area contributed by atoms with Crippen molar-refractivity contribution in [3.05, 3.63) is 99.0 Å². The quantitative estimate of drug-likeness (QED) is 0.224. The number of urea groups is 1. The maximum atomic E-state index is 13.5. The van der Waals surface area contributed by atoms with Crippen molar-refractivity contribution in [2.75, 3.05) is 11.4 Å². The Morgan fingerprint density at radius 1 is 0.854 bits per heavy atom. The van der Waals surface area contributed by atoms with Gasteiger partial charge in [-0.15, -0.1) is 0 Å². The number of amides is 3. The van der Waals surface area contributed by atoms with E-state index in [-0.39, 0.29) is 19.1 Å². The standard InChI is InChI=1S/C31H33Cl2N3O5/c32-25-14-21(15-26(33)16-25)17-35-31(41)36(27-12-10-23(11-13-27)22-4-2-1-3-5-22)19-20-6-8-24(9-7-20)29(38)34-18-28(37)30(39)40/h6-16,22,28,37H,1-5,17-19H2,(H,34,38)(H,35,41)(H,39,40)/t28-/m1/s1. The fourth-order valence-electron chi connectivity index (χ4n) is 4.95. The number of aliphatic hydroxyl groups excluding tert-OH is 1. The Kier molecular flexibility index (Phi) is 10.6. The zero-order chi connectivity index (χ0) is 29.4. The van der Waals surface area contributed by atoms with Crippen LogP contribution in [-0.4, -0.2) is 40.8 Å². The summed E-state index contributed by atoms with van der Waals surface area (Å²) in [5.74, 6) is -1.38. The summed E-state index contributed by atoms with van der Waals surface area (Å²) in [6, 6.07) is 19.6. The monoisotopic (exact) mass is 597 g/mol. The molecule has 4 rings (SSSR count). The van der Waals surface area contributed by atoms with E-state index in [4.69, 9.17) is 28.3 Å². The first-order valence-corrected chi connectivity index (χ1v) is 14.3. The first-order valence-electron chi connectivity index (χ1n) is 13.6. The van der Waals surface area contributed by atoms with E-state index < -0.39 is 24.5 Å². The molecule has 0 heterocycles. The first-order chi connectivity index (χ1) is 19.7. The van der Waals surface area contributed by atoms with Gasteiger partial charge in [-0.1, -0.05) is 66.7 Å². The lowest BCUT2D eigenvalue weighted by molar-refractivity contribution is -0.146. The van der Waals surface area contributed by atoms with Crippen LogP contribution in [0.25, 0.3) is 0 Å². The normalized spacial score (nSPS) is 14.2. The Hall–Kier alpha value is -3.59. The highest BCUT2D eigenvalue weighted by Gasteiger charge is 2.20. The minimum absolute atomic E-state index is 0.233. The van der Waals surface area contributed by atoms with Crippen LogP contribution in [0.3, 0.4) is 0 Å². The van der Waals surface area contributed by atoms with Crippen molar-refractivity contribution in [2.24, 2.45) is 0 Å². The van der Waals surface area contributed by atoms with Gasteiger partial charge in [0, 0.05) is 27.8 Å². The maximum absolute atomic E-state index is 13.5. The Labute approximate surface area is 249 Å². The third-order valence-electron chi connectivity index (χ3n) is 7.19. The molecule has 1 fully saturated rings. The van der Waals surface area contributed by atoms with Gasteiger partial charge in [-0.25, -0.2) is 9.59 Å². The molecule has 3 aromatic rings. The van der Waals surface area contributed by atoms with Crippen LogP contribution in [0.1, 0.15) is 65.1 Å². The second-order valence-corrected chi connectivity index (χ2v) is 11.1. The Morgan fingerprint density at radius 3 is 2.10 bits per heavy atom. The third-order valence-corrected chi connectivity index (χ3v) is 7.63. The summed E-state index contributed by atoms with van der Waals surface area (Å²) in [4.78, 5) is 38.2. The highest BCUT2D eigenvalue weighted by atomic mass is 35.5. The molecule has 0 bridgehead atoms. The summed E-state index contributed by atoms with van der Waals surface area (Å²) in [6.07, 6.45) is 4.44. The molecule has 3 aromatic carbocycles. The van der Waals surface area contributed by atoms with Gasteiger partial charge < -0.3 is 20.8 Å². The Morgan fingerprint density at radius 2 is 1.49 bits per heavy atom. The van der Waals surface area contributed by atoms with E-state index in [9.17, 15) is 19.5 Å². The fraction of sp³-hybridized carbons (Fsp3) is 0.323. The SMILES string of the molecule is O=C(NC[C@@H](O)C(=O)O)c1ccc(CN(C(=O)NCc2cc(Cl)cc(Cl)c2)c2ccc(C3CCCCC3)cc2)cc1. The zero-order valence-electron chi connectivity index (χ0n) is 22.5. The van der Waals surface area contributed by atoms with Crippen molar-refractivity contribution in [1.82, 2.24) is 10.6 Å². The van der Waals surface area contributed by atoms with Crippen LogP contribution in [-0.2, 0) is 17.9 Å². The summed E-state index contributed by atoms with van der Waals surface area (Å²) in [7, 11) is 0. The first kappa shape index (κ1) is 30.4. The number of halogens is 2. The summed E-state index contributed by atoms with van der Waals surface area (Å²) in [5, 5.41) is 24.5. The predicted octanol–water partition coefficient (Wildman–Crippen LogP) is 6.13. The van der Waals surface area contributed by atoms with Crippen LogP contribution < -0.4 is 15.5 Å². The number of benzene rings is 3. The minimum Gasteiger partial charge on any atom is -0.479 e. The van der Waals surface area contributed by atoms with Gasteiger partial charge in [0.05, 0.1) is 13.1 Å². The van der Waals surface area contributed by atoms with E-state index in [1.54, 1.807) is 47.4 Å². The van der Waals surface area contributed by atoms with Crippen molar-refractivity contribution in [3.8, 4) is 0 Å². The van der Waals surface area contributed by atoms with Gasteiger partial charge in [0.15, 0.2) is 6.10 Å². The topological polar surface area (TPSA) is 119 Å². The number of aliphatic hydroxyl groups is 1. The van der Waals surface area contributed by atoms with E-state index >= 15 is 0 Å². The number of carbonyl (C=O) groups excluding carboxylic acids is 2. The number of carboxylic acids is 1. The van der Waals surface area contributed by atoms with Gasteiger partial charge in [-0.05, 0) is 77.9 Å². The lowest BCUT2D eigenvalue weighted by Crippen LogP contribution is -2.39. The van der Waals surface area contributed by atoms with E-state index in [2.05, 4.69) is 22.8 Å². The minimum atomic E-state index is -1.68. The summed E-state index contributed by atoms with van der Waals surface area (Å²) in [6.45, 7) is 0.0696. The highest BCUT2D eigenvalue weighted by Crippen LogP contribution is 2.33. The molecule has 0 aromatic heterocycles. The van der Waals surface area contributed by atoms with Gasteiger partial charge in [0.25, 0.3) is 5.91 Å². The van der Waals surface area contributed by atoms with Crippen molar-refractivity contribution < 1.29 is 24.6 Å². The molecule has 1 atom stereocenters. The van der Waals surface area contributed by atoms with Crippen LogP contribution in [0.15, 0.2) is 66.7 Å². The smallest absolute Gasteiger partial charge is 0.334 e. The second kappa shape index (κ2) is 14.3. The summed E-state index contributed by atoms with van der Waals surface area (Å²) < 4.78 is 0. The van der Waals surface area contributed by atoms with Gasteiger partial charge in [0.1, 0.15) is 0 Å². The molecule has 0 radical (unpaired) electrons. The lowest BCUT2D eigenvalue weighted by Gasteiger charge is -2.26. The molecule has 8 nitrogen and oxygen atoms in total. The van der Waals surface area contributed by atoms with E-state index in [1.165, 1.54) is 37.7 Å². The molecule has 3 amide bonds. The van der Waals surface area contributed by atoms with Crippen LogP contribution >= 0.6 is 23.2 Å². The molecule has 10 heteroatoms. The number of hydrogen-bond donors (Lipinski definition) is 4. The molecule has 0 unspecified atom stereocenters. The van der Waals surface area contributed by atoms with Crippen LogP contribution in [0, 0.1) is 0 Å². The van der Waals surface area contributed by atoms with Crippen LogP contribution in [0.2, 0.25) is 10.0 Å². The fourth-order valence-corrected chi connectivity index (χ4v) is 5.52. The largest absolute Gasteiger partial charge is 0.479 e. The number of aliphatic carboxylic acids is 1. The zero-order valence-corrected chi connectivity index (χ0v) is 24.0. The summed E-state index contributed by atoms with van der Waals surface area (Å²) >= 11 is 12.2. The molecule has 1 aliphatic carbocycles. The van der Waals surface area contributed by atoms with Crippen molar-refractivity contribution in [2.45, 2.75) is 57.2 Å². The molecule has 4 N–H and O–H groups in total. The van der Waals surface area contributed by atoms with Gasteiger partial charge in [0.2, 0.25) is 0 Å². The molecule has 0 aliphatic heterocycles.